The number of benzene rings is 1. The molecule has 0 radical (unpaired) electrons. The van der Waals surface area contributed by atoms with Gasteiger partial charge in [-0.05, 0) is 32.9 Å². The molecule has 1 aromatic carbocycles. The monoisotopic (exact) mass is 276 g/mol. The normalized spacial score (nSPS) is 17.5. The lowest BCUT2D eigenvalue weighted by Crippen LogP contribution is -2.31. The van der Waals surface area contributed by atoms with E-state index < -0.39 is 11.2 Å². The molecule has 4 nitrogen and oxygen atoms in total. The zero-order chi connectivity index (χ0) is 13.7. The summed E-state index contributed by atoms with van der Waals surface area (Å²) in [6.07, 6.45) is 0. The van der Waals surface area contributed by atoms with Crippen LogP contribution in [0, 0.1) is 6.92 Å². The molecule has 1 aliphatic rings. The van der Waals surface area contributed by atoms with Crippen LogP contribution in [0.3, 0.4) is 0 Å². The molecular weight excluding hydrogens is 260 g/mol. The molecule has 2 aromatic rings. The topological polar surface area (TPSA) is 65.5 Å². The average molecular weight is 276 g/mol. The van der Waals surface area contributed by atoms with Crippen LogP contribution in [-0.2, 0) is 11.2 Å². The molecule has 3 rings (SSSR count). The fraction of sp³-hybridized carbons (Fsp3) is 0.286. The summed E-state index contributed by atoms with van der Waals surface area (Å²) in [5, 5.41) is 0.461. The largest absolute Gasteiger partial charge is 0.604 e. The predicted molar refractivity (Wildman–Crippen MR) is 76.2 cm³/mol. The molecule has 5 heteroatoms. The van der Waals surface area contributed by atoms with Gasteiger partial charge in [0.1, 0.15) is 11.4 Å². The predicted octanol–water partition coefficient (Wildman–Crippen LogP) is 3.20. The summed E-state index contributed by atoms with van der Waals surface area (Å²) >= 11 is -1.31. The Bertz CT molecular complexity index is 636. The summed E-state index contributed by atoms with van der Waals surface area (Å²) in [5.41, 5.74) is 8.37. The van der Waals surface area contributed by atoms with Crippen LogP contribution in [0.4, 0.5) is 17.1 Å². The van der Waals surface area contributed by atoms with Crippen molar-refractivity contribution in [2.24, 2.45) is 0 Å². The number of rotatable bonds is 1. The molecule has 0 saturated heterocycles. The molecule has 100 valence electrons. The highest BCUT2D eigenvalue weighted by Crippen LogP contribution is 2.49. The lowest BCUT2D eigenvalue weighted by Gasteiger charge is -2.33. The van der Waals surface area contributed by atoms with E-state index in [0.29, 0.717) is 16.5 Å². The van der Waals surface area contributed by atoms with Gasteiger partial charge in [-0.15, -0.1) is 0 Å². The Hall–Kier alpha value is -1.59. The van der Waals surface area contributed by atoms with Crippen LogP contribution in [0.25, 0.3) is 0 Å². The highest BCUT2D eigenvalue weighted by atomic mass is 32.2. The van der Waals surface area contributed by atoms with Gasteiger partial charge < -0.3 is 19.6 Å². The first-order chi connectivity index (χ1) is 9.02. The van der Waals surface area contributed by atoms with E-state index in [1.807, 2.05) is 24.3 Å². The second kappa shape index (κ2) is 4.21. The van der Waals surface area contributed by atoms with Gasteiger partial charge in [0.05, 0.1) is 16.9 Å². The summed E-state index contributed by atoms with van der Waals surface area (Å²) in [6.45, 7) is 5.96. The smallest absolute Gasteiger partial charge is 0.343 e. The number of anilines is 3. The fourth-order valence-corrected chi connectivity index (χ4v) is 3.79. The Morgan fingerprint density at radius 2 is 2.00 bits per heavy atom. The molecule has 1 unspecified atom stereocenters. The van der Waals surface area contributed by atoms with E-state index >= 15 is 0 Å². The summed E-state index contributed by atoms with van der Waals surface area (Å²) < 4.78 is 18.2. The van der Waals surface area contributed by atoms with E-state index in [4.69, 9.17) is 10.2 Å². The molecule has 2 heterocycles. The number of hydrogen-bond acceptors (Lipinski definition) is 4. The first-order valence-electron chi connectivity index (χ1n) is 6.21. The zero-order valence-electron chi connectivity index (χ0n) is 11.1. The minimum absolute atomic E-state index is 0.205. The molecule has 1 atom stereocenters. The van der Waals surface area contributed by atoms with Crippen molar-refractivity contribution in [2.75, 3.05) is 10.6 Å². The van der Waals surface area contributed by atoms with Crippen molar-refractivity contribution in [1.29, 1.82) is 0 Å². The van der Waals surface area contributed by atoms with Crippen molar-refractivity contribution in [3.05, 3.63) is 30.0 Å². The number of nitrogens with zero attached hydrogens (tertiary/aromatic N) is 1. The highest BCUT2D eigenvalue weighted by molar-refractivity contribution is 7.91. The highest BCUT2D eigenvalue weighted by Gasteiger charge is 2.40. The first kappa shape index (κ1) is 12.4. The second-order valence-corrected chi connectivity index (χ2v) is 6.26. The fourth-order valence-electron chi connectivity index (χ4n) is 2.44. The van der Waals surface area contributed by atoms with Gasteiger partial charge in [0.2, 0.25) is 0 Å². The molecular formula is C14H16N2O2S. The zero-order valence-corrected chi connectivity index (χ0v) is 12.0. The quantitative estimate of drug-likeness (QED) is 0.812. The van der Waals surface area contributed by atoms with E-state index in [9.17, 15) is 4.55 Å². The van der Waals surface area contributed by atoms with Crippen LogP contribution in [0.15, 0.2) is 38.7 Å². The van der Waals surface area contributed by atoms with Gasteiger partial charge in [-0.25, -0.2) is 0 Å². The molecule has 0 bridgehead atoms. The Morgan fingerprint density at radius 1 is 1.32 bits per heavy atom. The molecule has 0 amide bonds. The molecule has 0 aliphatic carbocycles. The molecule has 0 saturated carbocycles. The van der Waals surface area contributed by atoms with Gasteiger partial charge in [-0.2, -0.15) is 0 Å². The van der Waals surface area contributed by atoms with Gasteiger partial charge in [-0.1, -0.05) is 12.1 Å². The Kier molecular flexibility index (Phi) is 2.76. The lowest BCUT2D eigenvalue weighted by atomic mass is 10.2. The van der Waals surface area contributed by atoms with Crippen molar-refractivity contribution < 1.29 is 8.97 Å². The van der Waals surface area contributed by atoms with Crippen molar-refractivity contribution in [3.8, 4) is 0 Å². The Labute approximate surface area is 115 Å². The minimum Gasteiger partial charge on any atom is -0.604 e. The van der Waals surface area contributed by atoms with E-state index in [-0.39, 0.29) is 6.04 Å². The number of nitrogens with two attached hydrogens (primary N) is 1. The summed E-state index contributed by atoms with van der Waals surface area (Å²) in [7, 11) is 0. The third-order valence-electron chi connectivity index (χ3n) is 3.32. The first-order valence-corrected chi connectivity index (χ1v) is 7.36. The molecule has 1 aliphatic heterocycles. The van der Waals surface area contributed by atoms with Gasteiger partial charge in [0.25, 0.3) is 0 Å². The number of furan rings is 1. The second-order valence-electron chi connectivity index (χ2n) is 4.91. The minimum atomic E-state index is -1.31. The van der Waals surface area contributed by atoms with E-state index in [1.54, 1.807) is 6.92 Å². The van der Waals surface area contributed by atoms with Crippen LogP contribution in [-0.4, -0.2) is 10.6 Å². The lowest BCUT2D eigenvalue weighted by molar-refractivity contribution is 0.427. The van der Waals surface area contributed by atoms with Crippen molar-refractivity contribution in [3.63, 3.8) is 0 Å². The summed E-state index contributed by atoms with van der Waals surface area (Å²) in [6, 6.07) is 7.88. The molecule has 2 N–H and O–H groups in total. The van der Waals surface area contributed by atoms with Crippen molar-refractivity contribution >= 4 is 28.2 Å². The SMILES string of the molecule is Cc1oc2c(c1N)N(C(C)C)c1ccccc1[S+]2[O-]. The molecule has 0 fully saturated rings. The maximum absolute atomic E-state index is 12.6. The standard InChI is InChI=1S/C14H16N2O2S/c1-8(2)16-10-6-4-5-7-11(10)19(17)14-13(16)12(15)9(3)18-14/h4-8H,15H2,1-3H3. The van der Waals surface area contributed by atoms with Crippen molar-refractivity contribution in [2.45, 2.75) is 36.8 Å². The van der Waals surface area contributed by atoms with Crippen LogP contribution >= 0.6 is 0 Å². The van der Waals surface area contributed by atoms with Crippen molar-refractivity contribution in [1.82, 2.24) is 0 Å². The van der Waals surface area contributed by atoms with Gasteiger partial charge in [0.15, 0.2) is 10.6 Å². The van der Waals surface area contributed by atoms with Crippen LogP contribution < -0.4 is 10.6 Å². The average Bonchev–Trinajstić information content (AvgIpc) is 2.67. The number of aryl methyl sites for hydroxylation is 1. The number of fused-ring (bicyclic) bond motifs is 2. The molecule has 19 heavy (non-hydrogen) atoms. The van der Waals surface area contributed by atoms with Crippen LogP contribution in [0.1, 0.15) is 19.6 Å². The molecule has 1 aromatic heterocycles. The van der Waals surface area contributed by atoms with Gasteiger partial charge >= 0.3 is 5.09 Å². The van der Waals surface area contributed by atoms with E-state index in [2.05, 4.69) is 18.7 Å². The van der Waals surface area contributed by atoms with Crippen LogP contribution in [0.5, 0.6) is 0 Å². The Balaban J connectivity index is 2.31. The third-order valence-corrected chi connectivity index (χ3v) is 4.68. The Morgan fingerprint density at radius 3 is 2.68 bits per heavy atom. The number of para-hydroxylation sites is 1. The summed E-state index contributed by atoms with van der Waals surface area (Å²) in [4.78, 5) is 2.87. The van der Waals surface area contributed by atoms with E-state index in [0.717, 1.165) is 16.3 Å². The van der Waals surface area contributed by atoms with Crippen LogP contribution in [0.2, 0.25) is 0 Å². The summed E-state index contributed by atoms with van der Waals surface area (Å²) in [5.74, 6) is 0.622. The number of nitrogen functional groups attached to an aromatic ring is 1. The number of hydrogen-bond donors (Lipinski definition) is 1. The maximum atomic E-state index is 12.6. The third kappa shape index (κ3) is 1.65. The maximum Gasteiger partial charge on any atom is 0.343 e. The molecule has 0 spiro atoms. The van der Waals surface area contributed by atoms with Gasteiger partial charge in [0, 0.05) is 6.04 Å². The van der Waals surface area contributed by atoms with Gasteiger partial charge in [-0.3, -0.25) is 0 Å². The van der Waals surface area contributed by atoms with E-state index in [1.165, 1.54) is 0 Å².